The fourth-order valence-corrected chi connectivity index (χ4v) is 0.489. The van der Waals surface area contributed by atoms with E-state index in [1.165, 1.54) is 0 Å². The molecule has 0 saturated heterocycles. The van der Waals surface area contributed by atoms with Crippen molar-refractivity contribution in [2.24, 2.45) is 0 Å². The van der Waals surface area contributed by atoms with E-state index in [0.717, 1.165) is 0 Å². The lowest BCUT2D eigenvalue weighted by Gasteiger charge is -2.10. The Bertz CT molecular complexity index is 105. The molecule has 0 rings (SSSR count). The van der Waals surface area contributed by atoms with Crippen molar-refractivity contribution in [1.29, 1.82) is 0 Å². The zero-order valence-electron chi connectivity index (χ0n) is 7.62. The van der Waals surface area contributed by atoms with Crippen LogP contribution in [0.1, 0.15) is 13.8 Å². The minimum absolute atomic E-state index is 0.281. The van der Waals surface area contributed by atoms with Crippen molar-refractivity contribution in [3.05, 3.63) is 12.7 Å². The third kappa shape index (κ3) is 6.30. The van der Waals surface area contributed by atoms with Gasteiger partial charge in [0.05, 0.1) is 13.2 Å². The molecule has 4 heteroatoms. The lowest BCUT2D eigenvalue weighted by atomic mass is 10.4. The Hall–Kier alpha value is -0.420. The van der Waals surface area contributed by atoms with Gasteiger partial charge in [-0.15, -0.1) is 6.58 Å². The van der Waals surface area contributed by atoms with Crippen LogP contribution in [0.3, 0.4) is 0 Å². The maximum Gasteiger partial charge on any atom is 0.137 e. The minimum atomic E-state index is -0.281. The monoisotopic (exact) mass is 176 g/mol. The minimum Gasteiger partial charge on any atom is -0.237 e. The zero-order valence-corrected chi connectivity index (χ0v) is 7.62. The van der Waals surface area contributed by atoms with Gasteiger partial charge in [-0.1, -0.05) is 6.08 Å². The van der Waals surface area contributed by atoms with Gasteiger partial charge >= 0.3 is 0 Å². The van der Waals surface area contributed by atoms with Crippen molar-refractivity contribution < 1.29 is 19.6 Å². The highest BCUT2D eigenvalue weighted by molar-refractivity contribution is 4.77. The van der Waals surface area contributed by atoms with E-state index in [0.29, 0.717) is 13.2 Å². The van der Waals surface area contributed by atoms with Gasteiger partial charge in [-0.2, -0.15) is 0 Å². The summed E-state index contributed by atoms with van der Waals surface area (Å²) in [5.41, 5.74) is 0. The molecule has 1 atom stereocenters. The largest absolute Gasteiger partial charge is 0.237 e. The van der Waals surface area contributed by atoms with Crippen LogP contribution in [-0.2, 0) is 19.6 Å². The third-order valence-electron chi connectivity index (χ3n) is 1.01. The SMILES string of the molecule is C=CC(COOCC)OOCC. The second-order valence-electron chi connectivity index (χ2n) is 1.97. The van der Waals surface area contributed by atoms with Crippen LogP contribution in [-0.4, -0.2) is 25.9 Å². The topological polar surface area (TPSA) is 36.9 Å². The van der Waals surface area contributed by atoms with E-state index in [1.807, 2.05) is 13.8 Å². The Morgan fingerprint density at radius 2 is 1.83 bits per heavy atom. The Balaban J connectivity index is 3.32. The van der Waals surface area contributed by atoms with Crippen LogP contribution in [0.15, 0.2) is 12.7 Å². The van der Waals surface area contributed by atoms with Crippen molar-refractivity contribution >= 4 is 0 Å². The van der Waals surface area contributed by atoms with E-state index >= 15 is 0 Å². The molecule has 0 aliphatic heterocycles. The normalized spacial score (nSPS) is 12.8. The van der Waals surface area contributed by atoms with Gasteiger partial charge in [-0.3, -0.25) is 0 Å². The average Bonchev–Trinajstić information content (AvgIpc) is 2.11. The highest BCUT2D eigenvalue weighted by Crippen LogP contribution is 1.96. The van der Waals surface area contributed by atoms with Gasteiger partial charge in [0.2, 0.25) is 0 Å². The van der Waals surface area contributed by atoms with Crippen LogP contribution in [0.5, 0.6) is 0 Å². The lowest BCUT2D eigenvalue weighted by Crippen LogP contribution is -2.17. The molecular formula is C8H16O4. The first kappa shape index (κ1) is 11.6. The Morgan fingerprint density at radius 3 is 2.33 bits per heavy atom. The van der Waals surface area contributed by atoms with Crippen molar-refractivity contribution in [1.82, 2.24) is 0 Å². The average molecular weight is 176 g/mol. The summed E-state index contributed by atoms with van der Waals surface area (Å²) in [4.78, 5) is 19.0. The maximum absolute atomic E-state index is 4.86. The van der Waals surface area contributed by atoms with Crippen molar-refractivity contribution in [3.63, 3.8) is 0 Å². The standard InChI is InChI=1S/C8H16O4/c1-4-8(12-10-6-3)7-11-9-5-2/h4,8H,1,5-7H2,2-3H3. The quantitative estimate of drug-likeness (QED) is 0.243. The van der Waals surface area contributed by atoms with Crippen LogP contribution < -0.4 is 0 Å². The molecule has 0 fully saturated rings. The molecule has 0 radical (unpaired) electrons. The molecule has 0 aliphatic rings. The molecule has 72 valence electrons. The van der Waals surface area contributed by atoms with Crippen LogP contribution in [0, 0.1) is 0 Å². The summed E-state index contributed by atoms with van der Waals surface area (Å²) in [6, 6.07) is 0. The van der Waals surface area contributed by atoms with Gasteiger partial charge in [0.25, 0.3) is 0 Å². The highest BCUT2D eigenvalue weighted by atomic mass is 17.2. The molecule has 0 spiro atoms. The van der Waals surface area contributed by atoms with Gasteiger partial charge in [0.1, 0.15) is 12.7 Å². The molecule has 0 amide bonds. The third-order valence-corrected chi connectivity index (χ3v) is 1.01. The van der Waals surface area contributed by atoms with E-state index < -0.39 is 0 Å². The number of hydrogen-bond donors (Lipinski definition) is 0. The highest BCUT2D eigenvalue weighted by Gasteiger charge is 2.05. The fourth-order valence-electron chi connectivity index (χ4n) is 0.489. The first-order chi connectivity index (χ1) is 5.85. The first-order valence-corrected chi connectivity index (χ1v) is 4.00. The summed E-state index contributed by atoms with van der Waals surface area (Å²) >= 11 is 0. The van der Waals surface area contributed by atoms with E-state index in [9.17, 15) is 0 Å². The summed E-state index contributed by atoms with van der Waals surface area (Å²) in [5, 5.41) is 0. The Kier molecular flexibility index (Phi) is 8.37. The van der Waals surface area contributed by atoms with Crippen LogP contribution >= 0.6 is 0 Å². The summed E-state index contributed by atoms with van der Waals surface area (Å²) in [7, 11) is 0. The van der Waals surface area contributed by atoms with E-state index in [-0.39, 0.29) is 12.7 Å². The molecule has 0 aromatic rings. The maximum atomic E-state index is 4.86. The van der Waals surface area contributed by atoms with E-state index in [2.05, 4.69) is 11.5 Å². The van der Waals surface area contributed by atoms with Gasteiger partial charge in [-0.05, 0) is 13.8 Å². The first-order valence-electron chi connectivity index (χ1n) is 4.00. The Morgan fingerprint density at radius 1 is 1.17 bits per heavy atom. The second kappa shape index (κ2) is 8.67. The molecule has 0 aromatic carbocycles. The zero-order chi connectivity index (χ0) is 9.23. The molecule has 0 aliphatic carbocycles. The summed E-state index contributed by atoms with van der Waals surface area (Å²) < 4.78 is 0. The van der Waals surface area contributed by atoms with Crippen LogP contribution in [0.2, 0.25) is 0 Å². The predicted octanol–water partition coefficient (Wildman–Crippen LogP) is 1.48. The number of rotatable bonds is 8. The molecule has 0 N–H and O–H groups in total. The van der Waals surface area contributed by atoms with E-state index in [1.54, 1.807) is 6.08 Å². The lowest BCUT2D eigenvalue weighted by molar-refractivity contribution is -0.354. The molecule has 0 aromatic heterocycles. The molecule has 12 heavy (non-hydrogen) atoms. The van der Waals surface area contributed by atoms with E-state index in [4.69, 9.17) is 14.7 Å². The molecule has 4 nitrogen and oxygen atoms in total. The van der Waals surface area contributed by atoms with Crippen LogP contribution in [0.4, 0.5) is 0 Å². The molecular weight excluding hydrogens is 160 g/mol. The van der Waals surface area contributed by atoms with Gasteiger partial charge in [0.15, 0.2) is 0 Å². The van der Waals surface area contributed by atoms with Crippen molar-refractivity contribution in [3.8, 4) is 0 Å². The van der Waals surface area contributed by atoms with Crippen molar-refractivity contribution in [2.75, 3.05) is 19.8 Å². The molecule has 0 bridgehead atoms. The van der Waals surface area contributed by atoms with Crippen molar-refractivity contribution in [2.45, 2.75) is 20.0 Å². The number of hydrogen-bond acceptors (Lipinski definition) is 4. The smallest absolute Gasteiger partial charge is 0.137 e. The summed E-state index contributed by atoms with van der Waals surface area (Å²) in [5.74, 6) is 0. The predicted molar refractivity (Wildman–Crippen MR) is 44.3 cm³/mol. The van der Waals surface area contributed by atoms with Crippen LogP contribution in [0.25, 0.3) is 0 Å². The molecule has 0 heterocycles. The summed E-state index contributed by atoms with van der Waals surface area (Å²) in [6.45, 7) is 8.53. The Labute approximate surface area is 72.9 Å². The van der Waals surface area contributed by atoms with Gasteiger partial charge in [0, 0.05) is 0 Å². The van der Waals surface area contributed by atoms with Gasteiger partial charge < -0.3 is 0 Å². The second-order valence-corrected chi connectivity index (χ2v) is 1.97. The molecule has 1 unspecified atom stereocenters. The fraction of sp³-hybridized carbons (Fsp3) is 0.750. The van der Waals surface area contributed by atoms with Gasteiger partial charge in [-0.25, -0.2) is 19.6 Å². The summed E-state index contributed by atoms with van der Waals surface area (Å²) in [6.07, 6.45) is 1.31. The molecule has 0 saturated carbocycles.